The molecule has 1 saturated heterocycles. The highest BCUT2D eigenvalue weighted by atomic mass is 16.5. The van der Waals surface area contributed by atoms with Crippen molar-refractivity contribution in [2.24, 2.45) is 0 Å². The van der Waals surface area contributed by atoms with Crippen molar-refractivity contribution in [3.8, 4) is 5.75 Å². The van der Waals surface area contributed by atoms with Gasteiger partial charge in [0, 0.05) is 43.6 Å². The highest BCUT2D eigenvalue weighted by Crippen LogP contribution is 2.40. The zero-order valence-corrected chi connectivity index (χ0v) is 19.9. The Labute approximate surface area is 198 Å². The highest BCUT2D eigenvalue weighted by Gasteiger charge is 2.29. The number of likely N-dealkylation sites (tertiary alicyclic amines) is 1. The molecule has 0 aromatic heterocycles. The number of para-hydroxylation sites is 3. The van der Waals surface area contributed by atoms with Crippen molar-refractivity contribution < 1.29 is 4.74 Å². The summed E-state index contributed by atoms with van der Waals surface area (Å²) < 4.78 is 6.18. The second-order valence-corrected chi connectivity index (χ2v) is 9.49. The van der Waals surface area contributed by atoms with Crippen LogP contribution in [-0.4, -0.2) is 44.7 Å². The largest absolute Gasteiger partial charge is 0.487 e. The van der Waals surface area contributed by atoms with E-state index in [2.05, 4.69) is 102 Å². The van der Waals surface area contributed by atoms with E-state index in [1.165, 1.54) is 54.0 Å². The minimum atomic E-state index is 0.570. The molecule has 2 aliphatic rings. The number of benzene rings is 3. The lowest BCUT2D eigenvalue weighted by Crippen LogP contribution is -2.39. The summed E-state index contributed by atoms with van der Waals surface area (Å²) in [6.07, 6.45) is 4.89. The predicted molar refractivity (Wildman–Crippen MR) is 138 cm³/mol. The van der Waals surface area contributed by atoms with Gasteiger partial charge in [-0.25, -0.2) is 0 Å². The first-order chi connectivity index (χ1) is 16.2. The number of nitrogens with zero attached hydrogens (tertiary/aromatic N) is 3. The Morgan fingerprint density at radius 1 is 0.909 bits per heavy atom. The SMILES string of the molecule is CN(C)c1ccc(CCCN2CCCC2CN2c3ccccc3COc3ccccc32)cc1. The quantitative estimate of drug-likeness (QED) is 0.456. The van der Waals surface area contributed by atoms with Crippen LogP contribution in [-0.2, 0) is 13.0 Å². The fraction of sp³-hybridized carbons (Fsp3) is 0.379. The number of aryl methyl sites for hydroxylation is 1. The second-order valence-electron chi connectivity index (χ2n) is 9.49. The molecule has 0 N–H and O–H groups in total. The van der Waals surface area contributed by atoms with Gasteiger partial charge >= 0.3 is 0 Å². The molecule has 172 valence electrons. The molecular weight excluding hydrogens is 406 g/mol. The third-order valence-corrected chi connectivity index (χ3v) is 7.08. The van der Waals surface area contributed by atoms with Crippen LogP contribution < -0.4 is 14.5 Å². The van der Waals surface area contributed by atoms with Crippen molar-refractivity contribution in [2.45, 2.75) is 38.3 Å². The maximum atomic E-state index is 6.18. The van der Waals surface area contributed by atoms with E-state index in [4.69, 9.17) is 4.74 Å². The van der Waals surface area contributed by atoms with Crippen molar-refractivity contribution >= 4 is 17.1 Å². The number of ether oxygens (including phenoxy) is 1. The van der Waals surface area contributed by atoms with E-state index in [1.807, 2.05) is 0 Å². The third-order valence-electron chi connectivity index (χ3n) is 7.08. The average molecular weight is 442 g/mol. The maximum Gasteiger partial charge on any atom is 0.143 e. The van der Waals surface area contributed by atoms with Crippen LogP contribution in [0.2, 0.25) is 0 Å². The summed E-state index contributed by atoms with van der Waals surface area (Å²) in [7, 11) is 4.19. The Morgan fingerprint density at radius 3 is 2.48 bits per heavy atom. The van der Waals surface area contributed by atoms with E-state index in [0.29, 0.717) is 12.6 Å². The minimum absolute atomic E-state index is 0.570. The van der Waals surface area contributed by atoms with Gasteiger partial charge in [0.05, 0.1) is 5.69 Å². The van der Waals surface area contributed by atoms with Gasteiger partial charge < -0.3 is 14.5 Å². The molecule has 1 atom stereocenters. The van der Waals surface area contributed by atoms with Gasteiger partial charge in [-0.1, -0.05) is 42.5 Å². The van der Waals surface area contributed by atoms with Crippen molar-refractivity contribution in [3.63, 3.8) is 0 Å². The predicted octanol–water partition coefficient (Wildman–Crippen LogP) is 5.88. The van der Waals surface area contributed by atoms with E-state index in [-0.39, 0.29) is 0 Å². The Bertz CT molecular complexity index is 1010. The monoisotopic (exact) mass is 441 g/mol. The van der Waals surface area contributed by atoms with Crippen LogP contribution in [0.1, 0.15) is 30.4 Å². The van der Waals surface area contributed by atoms with Crippen molar-refractivity contribution in [2.75, 3.05) is 43.5 Å². The Morgan fingerprint density at radius 2 is 1.67 bits per heavy atom. The third kappa shape index (κ3) is 4.86. The number of hydrogen-bond donors (Lipinski definition) is 0. The summed E-state index contributed by atoms with van der Waals surface area (Å²) >= 11 is 0. The molecule has 2 heterocycles. The molecule has 3 aromatic rings. The fourth-order valence-electron chi connectivity index (χ4n) is 5.23. The van der Waals surface area contributed by atoms with Gasteiger partial charge in [-0.05, 0) is 74.7 Å². The number of hydrogen-bond acceptors (Lipinski definition) is 4. The molecule has 1 unspecified atom stereocenters. The summed E-state index contributed by atoms with van der Waals surface area (Å²) in [5.41, 5.74) is 6.44. The van der Waals surface area contributed by atoms with Crippen LogP contribution in [0.3, 0.4) is 0 Å². The van der Waals surface area contributed by atoms with E-state index >= 15 is 0 Å². The molecule has 5 rings (SSSR count). The lowest BCUT2D eigenvalue weighted by Gasteiger charge is -2.32. The number of fused-ring (bicyclic) bond motifs is 2. The molecule has 3 aromatic carbocycles. The van der Waals surface area contributed by atoms with Gasteiger partial charge in [-0.3, -0.25) is 4.90 Å². The summed E-state index contributed by atoms with van der Waals surface area (Å²) in [4.78, 5) is 7.37. The standard InChI is InChI=1S/C29H35N3O/c1-30(2)25-17-15-23(16-18-25)9-7-19-31-20-8-11-26(31)21-32-27-12-4-3-10-24(27)22-33-29-14-6-5-13-28(29)32/h3-6,10,12-18,26H,7-9,11,19-22H2,1-2H3. The van der Waals surface area contributed by atoms with Gasteiger partial charge in [0.15, 0.2) is 0 Å². The van der Waals surface area contributed by atoms with Crippen LogP contribution in [0.5, 0.6) is 5.75 Å². The molecule has 0 aliphatic carbocycles. The average Bonchev–Trinajstić information content (AvgIpc) is 3.22. The molecule has 1 fully saturated rings. The zero-order chi connectivity index (χ0) is 22.6. The van der Waals surface area contributed by atoms with Gasteiger partial charge in [0.2, 0.25) is 0 Å². The first kappa shape index (κ1) is 21.8. The van der Waals surface area contributed by atoms with Gasteiger partial charge in [0.25, 0.3) is 0 Å². The molecule has 4 nitrogen and oxygen atoms in total. The van der Waals surface area contributed by atoms with Crippen LogP contribution in [0.15, 0.2) is 72.8 Å². The van der Waals surface area contributed by atoms with Crippen molar-refractivity contribution in [3.05, 3.63) is 83.9 Å². The number of anilines is 3. The Kier molecular flexibility index (Phi) is 6.54. The fourth-order valence-corrected chi connectivity index (χ4v) is 5.23. The summed E-state index contributed by atoms with van der Waals surface area (Å²) in [5, 5.41) is 0. The minimum Gasteiger partial charge on any atom is -0.487 e. The first-order valence-electron chi connectivity index (χ1n) is 12.3. The van der Waals surface area contributed by atoms with Crippen LogP contribution in [0, 0.1) is 0 Å². The lowest BCUT2D eigenvalue weighted by atomic mass is 10.1. The smallest absolute Gasteiger partial charge is 0.143 e. The van der Waals surface area contributed by atoms with Crippen LogP contribution in [0.25, 0.3) is 0 Å². The second kappa shape index (κ2) is 9.88. The van der Waals surface area contributed by atoms with E-state index < -0.39 is 0 Å². The van der Waals surface area contributed by atoms with Crippen molar-refractivity contribution in [1.29, 1.82) is 0 Å². The summed E-state index contributed by atoms with van der Waals surface area (Å²) in [6, 6.07) is 26.8. The molecular formula is C29H35N3O. The van der Waals surface area contributed by atoms with E-state index in [9.17, 15) is 0 Å². The van der Waals surface area contributed by atoms with Crippen molar-refractivity contribution in [1.82, 2.24) is 4.90 Å². The summed E-state index contributed by atoms with van der Waals surface area (Å²) in [6.45, 7) is 4.01. The topological polar surface area (TPSA) is 19.0 Å². The maximum absolute atomic E-state index is 6.18. The molecule has 0 bridgehead atoms. The Hall–Kier alpha value is -2.98. The molecule has 0 radical (unpaired) electrons. The van der Waals surface area contributed by atoms with Crippen LogP contribution in [0.4, 0.5) is 17.1 Å². The molecule has 4 heteroatoms. The Balaban J connectivity index is 1.27. The molecule has 0 amide bonds. The van der Waals surface area contributed by atoms with Crippen LogP contribution >= 0.6 is 0 Å². The molecule has 2 aliphatic heterocycles. The molecule has 33 heavy (non-hydrogen) atoms. The van der Waals surface area contributed by atoms with E-state index in [1.54, 1.807) is 0 Å². The first-order valence-corrected chi connectivity index (χ1v) is 12.3. The lowest BCUT2D eigenvalue weighted by molar-refractivity contribution is 0.255. The number of rotatable bonds is 7. The highest BCUT2D eigenvalue weighted by molar-refractivity contribution is 5.72. The molecule has 0 spiro atoms. The molecule has 0 saturated carbocycles. The van der Waals surface area contributed by atoms with Gasteiger partial charge in [-0.15, -0.1) is 0 Å². The zero-order valence-electron chi connectivity index (χ0n) is 19.9. The van der Waals surface area contributed by atoms with Gasteiger partial charge in [-0.2, -0.15) is 0 Å². The van der Waals surface area contributed by atoms with Gasteiger partial charge in [0.1, 0.15) is 12.4 Å². The van der Waals surface area contributed by atoms with E-state index in [0.717, 1.165) is 25.3 Å². The summed E-state index contributed by atoms with van der Waals surface area (Å²) in [5.74, 6) is 0.986. The normalized spacial score (nSPS) is 17.8.